The molecular weight excluding hydrogens is 789 g/mol. The molecule has 11 aromatic carbocycles. The minimum absolute atomic E-state index is 0.0760. The Labute approximate surface area is 389 Å². The van der Waals surface area contributed by atoms with Crippen LogP contribution >= 0.6 is 0 Å². The highest BCUT2D eigenvalue weighted by molar-refractivity contribution is 6.25. The van der Waals surface area contributed by atoms with Gasteiger partial charge in [-0.15, -0.1) is 0 Å². The second-order valence-corrected chi connectivity index (χ2v) is 16.4. The van der Waals surface area contributed by atoms with E-state index in [1.54, 1.807) is 4.57 Å². The van der Waals surface area contributed by atoms with E-state index in [0.717, 1.165) is 93.2 Å². The van der Waals surface area contributed by atoms with E-state index in [9.17, 15) is 5.48 Å². The Balaban J connectivity index is 1.07. The molecule has 0 saturated heterocycles. The Morgan fingerprint density at radius 3 is 1.91 bits per heavy atom. The topological polar surface area (TPSA) is 23.0 Å². The minimum atomic E-state index is -0.669. The number of hydrogen-bond donors (Lipinski definition) is 0. The van der Waals surface area contributed by atoms with Crippen molar-refractivity contribution in [2.75, 3.05) is 0 Å². The fraction of sp³-hybridized carbons (Fsp3) is 0. The summed E-state index contributed by atoms with van der Waals surface area (Å²) in [7, 11) is 0. The number of rotatable bonds is 5. The van der Waals surface area contributed by atoms with Crippen molar-refractivity contribution in [1.29, 1.82) is 0 Å². The summed E-state index contributed by atoms with van der Waals surface area (Å²) >= 11 is 0. The summed E-state index contributed by atoms with van der Waals surface area (Å²) in [4.78, 5) is 0. The van der Waals surface area contributed by atoms with E-state index >= 15 is 0 Å². The summed E-state index contributed by atoms with van der Waals surface area (Å²) in [6.45, 7) is 0. The molecular formula is C62H38N2O. The van der Waals surface area contributed by atoms with Crippen molar-refractivity contribution < 1.29 is 19.5 Å². The standard InChI is InChI=1S/C62H38N2O/c1-3-14-39(15-4-1)44-34-51(41-16-5-2-6-17-41)62-54-36-46(31-33-59(54)65-60(62)35-44)64-56-32-28-42-19-8-10-22-49(42)61(56)53-37-52-50-23-11-12-25-55(50)63(57(52)38-58(53)64)45-29-26-43(27-30-45)48-24-13-20-40-18-7-9-21-47(40)48/h1-38H/i7D,9D,13D,18D,20D,21D,24D,26D,27D,29D,30D. The van der Waals surface area contributed by atoms with E-state index in [2.05, 4.69) is 83.4 Å². The van der Waals surface area contributed by atoms with E-state index in [1.807, 2.05) is 84.9 Å². The molecule has 0 fully saturated rings. The van der Waals surface area contributed by atoms with Crippen molar-refractivity contribution in [1.82, 2.24) is 9.13 Å². The lowest BCUT2D eigenvalue weighted by atomic mass is 9.94. The molecule has 302 valence electrons. The van der Waals surface area contributed by atoms with Gasteiger partial charge in [-0.25, -0.2) is 0 Å². The quantitative estimate of drug-likeness (QED) is 0.169. The van der Waals surface area contributed by atoms with E-state index in [0.29, 0.717) is 11.0 Å². The number of aromatic nitrogens is 2. The molecule has 3 aromatic heterocycles. The first-order chi connectivity index (χ1) is 36.8. The van der Waals surface area contributed by atoms with Gasteiger partial charge in [0.25, 0.3) is 0 Å². The van der Waals surface area contributed by atoms with Crippen LogP contribution in [0.2, 0.25) is 0 Å². The predicted octanol–water partition coefficient (Wildman–Crippen LogP) is 17.1. The molecule has 3 heterocycles. The molecule has 0 N–H and O–H groups in total. The normalized spacial score (nSPS) is 14.4. The molecule has 0 aliphatic rings. The number of benzene rings is 11. The molecule has 0 aliphatic heterocycles. The molecule has 14 rings (SSSR count). The van der Waals surface area contributed by atoms with Gasteiger partial charge in [-0.05, 0) is 122 Å². The van der Waals surface area contributed by atoms with E-state index in [4.69, 9.17) is 14.0 Å². The molecule has 65 heavy (non-hydrogen) atoms. The lowest BCUT2D eigenvalue weighted by Crippen LogP contribution is -1.96. The second-order valence-electron chi connectivity index (χ2n) is 16.4. The molecule has 0 aliphatic carbocycles. The summed E-state index contributed by atoms with van der Waals surface area (Å²) in [5, 5.41) is 6.94. The highest BCUT2D eigenvalue weighted by atomic mass is 16.3. The van der Waals surface area contributed by atoms with Crippen molar-refractivity contribution in [3.8, 4) is 44.8 Å². The maximum atomic E-state index is 9.76. The van der Waals surface area contributed by atoms with Crippen LogP contribution in [0.4, 0.5) is 0 Å². The number of furan rings is 1. The number of hydrogen-bond acceptors (Lipinski definition) is 1. The summed E-state index contributed by atoms with van der Waals surface area (Å²) in [5.41, 5.74) is 8.63. The first-order valence-electron chi connectivity index (χ1n) is 26.9. The van der Waals surface area contributed by atoms with Gasteiger partial charge in [-0.3, -0.25) is 0 Å². The zero-order valence-electron chi connectivity index (χ0n) is 45.4. The third-order valence-electron chi connectivity index (χ3n) is 12.9. The Kier molecular flexibility index (Phi) is 5.73. The van der Waals surface area contributed by atoms with Crippen LogP contribution in [0.5, 0.6) is 0 Å². The molecule has 0 radical (unpaired) electrons. The van der Waals surface area contributed by atoms with Crippen molar-refractivity contribution in [3.05, 3.63) is 230 Å². The zero-order valence-corrected chi connectivity index (χ0v) is 34.4. The first-order valence-corrected chi connectivity index (χ1v) is 21.4. The molecule has 0 saturated carbocycles. The van der Waals surface area contributed by atoms with Crippen molar-refractivity contribution in [2.45, 2.75) is 0 Å². The molecule has 3 heteroatoms. The van der Waals surface area contributed by atoms with E-state index in [1.165, 1.54) is 0 Å². The minimum Gasteiger partial charge on any atom is -0.456 e. The van der Waals surface area contributed by atoms with Gasteiger partial charge < -0.3 is 13.6 Å². The summed E-state index contributed by atoms with van der Waals surface area (Å²) in [5.74, 6) is 0. The fourth-order valence-corrected chi connectivity index (χ4v) is 9.99. The lowest BCUT2D eigenvalue weighted by molar-refractivity contribution is 0.669. The highest BCUT2D eigenvalue weighted by Crippen LogP contribution is 2.45. The fourth-order valence-electron chi connectivity index (χ4n) is 9.99. The van der Waals surface area contributed by atoms with Crippen LogP contribution in [0.3, 0.4) is 0 Å². The van der Waals surface area contributed by atoms with E-state index < -0.39 is 72.0 Å². The van der Waals surface area contributed by atoms with Gasteiger partial charge in [0.2, 0.25) is 0 Å². The number of nitrogens with zero attached hydrogens (tertiary/aromatic N) is 2. The van der Waals surface area contributed by atoms with Gasteiger partial charge in [-0.2, -0.15) is 0 Å². The number of fused-ring (bicyclic) bond motifs is 12. The Morgan fingerprint density at radius 2 is 1.05 bits per heavy atom. The third kappa shape index (κ3) is 5.43. The van der Waals surface area contributed by atoms with Crippen molar-refractivity contribution >= 4 is 87.1 Å². The molecule has 0 bridgehead atoms. The molecule has 14 aromatic rings. The van der Waals surface area contributed by atoms with E-state index in [-0.39, 0.29) is 22.0 Å². The molecule has 0 atom stereocenters. The lowest BCUT2D eigenvalue weighted by Gasteiger charge is -2.12. The SMILES string of the molecule is [2H]c1c([2H])c(-n2c3ccccc3c3cc4c5c6ccccc6ccc5n(-c5ccc6oc7cc(-c8ccccc8)cc(-c8ccccc8)c7c6c5)c4cc32)c([2H])c([2H])c1-c1c([2H])c([2H])c([2H])c2c([2H])c([2H])c([2H])c([2H])c12. The van der Waals surface area contributed by atoms with Crippen LogP contribution in [-0.2, 0) is 0 Å². The van der Waals surface area contributed by atoms with Crippen LogP contribution in [0.1, 0.15) is 15.1 Å². The molecule has 0 unspecified atom stereocenters. The smallest absolute Gasteiger partial charge is 0.136 e. The van der Waals surface area contributed by atoms with Gasteiger partial charge in [0.1, 0.15) is 11.2 Å². The Hall–Kier alpha value is -8.66. The summed E-state index contributed by atoms with van der Waals surface area (Å²) in [6, 6.07) is 49.0. The van der Waals surface area contributed by atoms with Crippen LogP contribution in [0.15, 0.2) is 235 Å². The van der Waals surface area contributed by atoms with Crippen molar-refractivity contribution in [3.63, 3.8) is 0 Å². The number of para-hydroxylation sites is 1. The monoisotopic (exact) mass is 837 g/mol. The van der Waals surface area contributed by atoms with Crippen molar-refractivity contribution in [2.24, 2.45) is 0 Å². The second kappa shape index (κ2) is 13.9. The Morgan fingerprint density at radius 1 is 0.323 bits per heavy atom. The maximum absolute atomic E-state index is 9.76. The summed E-state index contributed by atoms with van der Waals surface area (Å²) in [6.07, 6.45) is 0. The van der Waals surface area contributed by atoms with Gasteiger partial charge in [0.05, 0.1) is 37.1 Å². The predicted molar refractivity (Wildman–Crippen MR) is 274 cm³/mol. The molecule has 0 spiro atoms. The van der Waals surface area contributed by atoms with Crippen LogP contribution in [0.25, 0.3) is 132 Å². The Bertz CT molecular complexity index is 4850. The highest BCUT2D eigenvalue weighted by Gasteiger charge is 2.22. The average Bonchev–Trinajstić information content (AvgIpc) is 4.13. The zero-order chi connectivity index (χ0) is 52.2. The van der Waals surface area contributed by atoms with Gasteiger partial charge in [0.15, 0.2) is 0 Å². The maximum Gasteiger partial charge on any atom is 0.136 e. The van der Waals surface area contributed by atoms with Gasteiger partial charge >= 0.3 is 0 Å². The largest absolute Gasteiger partial charge is 0.456 e. The van der Waals surface area contributed by atoms with Gasteiger partial charge in [0, 0.05) is 43.7 Å². The first kappa shape index (κ1) is 26.7. The van der Waals surface area contributed by atoms with Crippen LogP contribution in [0, 0.1) is 0 Å². The third-order valence-corrected chi connectivity index (χ3v) is 12.9. The van der Waals surface area contributed by atoms with Crippen LogP contribution < -0.4 is 0 Å². The van der Waals surface area contributed by atoms with Gasteiger partial charge in [-0.1, -0.05) is 164 Å². The van der Waals surface area contributed by atoms with Crippen LogP contribution in [-0.4, -0.2) is 9.13 Å². The summed E-state index contributed by atoms with van der Waals surface area (Å²) < 4.78 is 110. The molecule has 0 amide bonds. The average molecular weight is 838 g/mol. The molecule has 3 nitrogen and oxygen atoms in total.